The van der Waals surface area contributed by atoms with Crippen LogP contribution in [0.4, 0.5) is 0 Å². The number of hydrogen-bond acceptors (Lipinski definition) is 1. The quantitative estimate of drug-likeness (QED) is 0.792. The summed E-state index contributed by atoms with van der Waals surface area (Å²) in [7, 11) is 0. The van der Waals surface area contributed by atoms with Gasteiger partial charge in [-0.3, -0.25) is 0 Å². The lowest BCUT2D eigenvalue weighted by Gasteiger charge is -2.20. The molecule has 1 N–H and O–H groups in total. The van der Waals surface area contributed by atoms with Crippen LogP contribution in [0.15, 0.2) is 39.4 Å². The zero-order valence-corrected chi connectivity index (χ0v) is 12.9. The van der Waals surface area contributed by atoms with Gasteiger partial charge in [0.2, 0.25) is 0 Å². The Kier molecular flexibility index (Phi) is 3.34. The van der Waals surface area contributed by atoms with Crippen LogP contribution in [-0.2, 0) is 6.42 Å². The first-order chi connectivity index (χ1) is 8.66. The highest BCUT2D eigenvalue weighted by atomic mass is 79.9. The summed E-state index contributed by atoms with van der Waals surface area (Å²) in [4.78, 5) is 0. The van der Waals surface area contributed by atoms with E-state index in [1.54, 1.807) is 0 Å². The van der Waals surface area contributed by atoms with Crippen LogP contribution in [0.25, 0.3) is 5.69 Å². The van der Waals surface area contributed by atoms with Gasteiger partial charge in [0, 0.05) is 26.4 Å². The van der Waals surface area contributed by atoms with E-state index in [0.29, 0.717) is 0 Å². The molecule has 1 aliphatic carbocycles. The Morgan fingerprint density at radius 3 is 2.89 bits per heavy atom. The first-order valence-corrected chi connectivity index (χ1v) is 7.59. The van der Waals surface area contributed by atoms with Crippen molar-refractivity contribution in [3.63, 3.8) is 0 Å². The monoisotopic (exact) mass is 369 g/mol. The third-order valence-electron chi connectivity index (χ3n) is 3.45. The number of aliphatic hydroxyl groups is 1. The Labute approximate surface area is 123 Å². The second-order valence-corrected chi connectivity index (χ2v) is 6.36. The van der Waals surface area contributed by atoms with Crippen LogP contribution in [0.1, 0.15) is 30.2 Å². The van der Waals surface area contributed by atoms with E-state index < -0.39 is 0 Å². The van der Waals surface area contributed by atoms with E-state index in [1.807, 2.05) is 24.4 Å². The Bertz CT molecular complexity index is 591. The van der Waals surface area contributed by atoms with Gasteiger partial charge in [-0.15, -0.1) is 0 Å². The van der Waals surface area contributed by atoms with E-state index in [4.69, 9.17) is 0 Å². The van der Waals surface area contributed by atoms with Crippen LogP contribution < -0.4 is 0 Å². The molecule has 4 heteroatoms. The van der Waals surface area contributed by atoms with Gasteiger partial charge in [0.1, 0.15) is 0 Å². The molecule has 0 saturated carbocycles. The third-order valence-corrected chi connectivity index (χ3v) is 4.61. The number of hydrogen-bond donors (Lipinski definition) is 1. The molecule has 2 nitrogen and oxygen atoms in total. The number of rotatable bonds is 1. The van der Waals surface area contributed by atoms with Crippen molar-refractivity contribution in [1.29, 1.82) is 0 Å². The second-order valence-electron chi connectivity index (χ2n) is 4.59. The zero-order chi connectivity index (χ0) is 12.7. The smallest absolute Gasteiger partial charge is 0.0807 e. The van der Waals surface area contributed by atoms with Crippen molar-refractivity contribution in [2.45, 2.75) is 25.4 Å². The van der Waals surface area contributed by atoms with Crippen molar-refractivity contribution >= 4 is 31.9 Å². The highest BCUT2D eigenvalue weighted by Crippen LogP contribution is 2.34. The fourth-order valence-corrected chi connectivity index (χ4v) is 3.35. The van der Waals surface area contributed by atoms with Gasteiger partial charge in [0.15, 0.2) is 0 Å². The van der Waals surface area contributed by atoms with Crippen LogP contribution in [0.2, 0.25) is 0 Å². The molecule has 0 fully saturated rings. The average molecular weight is 371 g/mol. The molecule has 0 saturated heterocycles. The minimum absolute atomic E-state index is 0.305. The highest BCUT2D eigenvalue weighted by Gasteiger charge is 2.22. The maximum Gasteiger partial charge on any atom is 0.0807 e. The normalized spacial score (nSPS) is 18.7. The maximum absolute atomic E-state index is 10.0. The first kappa shape index (κ1) is 12.5. The lowest BCUT2D eigenvalue weighted by atomic mass is 9.95. The summed E-state index contributed by atoms with van der Waals surface area (Å²) >= 11 is 7.10. The molecular formula is C14H13Br2NO. The summed E-state index contributed by atoms with van der Waals surface area (Å²) in [6.07, 6.45) is 4.69. The van der Waals surface area contributed by atoms with Crippen molar-refractivity contribution in [3.8, 4) is 5.69 Å². The molecule has 94 valence electrons. The maximum atomic E-state index is 10.0. The Balaban J connectivity index is 2.15. The number of nitrogens with zero attached hydrogens (tertiary/aromatic N) is 1. The molecule has 0 spiro atoms. The molecule has 0 radical (unpaired) electrons. The molecular weight excluding hydrogens is 358 g/mol. The zero-order valence-electron chi connectivity index (χ0n) is 9.74. The van der Waals surface area contributed by atoms with Crippen LogP contribution in [0, 0.1) is 0 Å². The SMILES string of the molecule is OC1CCCc2c1ccn2-c1cc(Br)ccc1Br. The molecule has 2 aromatic rings. The number of aliphatic hydroxyl groups excluding tert-OH is 1. The van der Waals surface area contributed by atoms with Gasteiger partial charge < -0.3 is 9.67 Å². The van der Waals surface area contributed by atoms with Crippen LogP contribution >= 0.6 is 31.9 Å². The van der Waals surface area contributed by atoms with E-state index in [2.05, 4.69) is 42.5 Å². The molecule has 1 unspecified atom stereocenters. The van der Waals surface area contributed by atoms with Gasteiger partial charge in [-0.05, 0) is 59.5 Å². The summed E-state index contributed by atoms with van der Waals surface area (Å²) in [5.74, 6) is 0. The van der Waals surface area contributed by atoms with Crippen molar-refractivity contribution in [3.05, 3.63) is 50.7 Å². The van der Waals surface area contributed by atoms with Crippen LogP contribution in [0.5, 0.6) is 0 Å². The van der Waals surface area contributed by atoms with Crippen LogP contribution in [-0.4, -0.2) is 9.67 Å². The average Bonchev–Trinajstić information content (AvgIpc) is 2.77. The first-order valence-electron chi connectivity index (χ1n) is 6.00. The molecule has 1 aromatic carbocycles. The summed E-state index contributed by atoms with van der Waals surface area (Å²) in [5.41, 5.74) is 3.42. The number of benzene rings is 1. The van der Waals surface area contributed by atoms with Gasteiger partial charge >= 0.3 is 0 Å². The fourth-order valence-electron chi connectivity index (χ4n) is 2.56. The number of halogens is 2. The number of aromatic nitrogens is 1. The Hall–Kier alpha value is -0.580. The summed E-state index contributed by atoms with van der Waals surface area (Å²) in [6, 6.07) is 8.17. The van der Waals surface area contributed by atoms with Gasteiger partial charge in [0.05, 0.1) is 11.8 Å². The number of fused-ring (bicyclic) bond motifs is 1. The standard InChI is InChI=1S/C14H13Br2NO/c15-9-4-5-11(16)13(8-9)17-7-6-10-12(17)2-1-3-14(10)18/h4-8,14,18H,1-3H2. The molecule has 18 heavy (non-hydrogen) atoms. The van der Waals surface area contributed by atoms with E-state index >= 15 is 0 Å². The topological polar surface area (TPSA) is 25.2 Å². The molecule has 1 heterocycles. The molecule has 1 atom stereocenters. The largest absolute Gasteiger partial charge is 0.388 e. The highest BCUT2D eigenvalue weighted by molar-refractivity contribution is 9.11. The van der Waals surface area contributed by atoms with E-state index in [1.165, 1.54) is 5.69 Å². The van der Waals surface area contributed by atoms with E-state index in [9.17, 15) is 5.11 Å². The third kappa shape index (κ3) is 2.06. The summed E-state index contributed by atoms with van der Waals surface area (Å²) in [6.45, 7) is 0. The predicted molar refractivity (Wildman–Crippen MR) is 79.1 cm³/mol. The van der Waals surface area contributed by atoms with Gasteiger partial charge in [-0.1, -0.05) is 15.9 Å². The molecule has 0 bridgehead atoms. The van der Waals surface area contributed by atoms with Crippen molar-refractivity contribution in [2.75, 3.05) is 0 Å². The summed E-state index contributed by atoms with van der Waals surface area (Å²) < 4.78 is 4.29. The van der Waals surface area contributed by atoms with Gasteiger partial charge in [-0.25, -0.2) is 0 Å². The predicted octanol–water partition coefficient (Wildman–Crippen LogP) is 4.37. The minimum Gasteiger partial charge on any atom is -0.388 e. The van der Waals surface area contributed by atoms with Crippen molar-refractivity contribution in [2.24, 2.45) is 0 Å². The fraction of sp³-hybridized carbons (Fsp3) is 0.286. The second kappa shape index (κ2) is 4.83. The van der Waals surface area contributed by atoms with E-state index in [-0.39, 0.29) is 6.10 Å². The Morgan fingerprint density at radius 1 is 1.22 bits per heavy atom. The molecule has 1 aliphatic rings. The lowest BCUT2D eigenvalue weighted by molar-refractivity contribution is 0.156. The molecule has 0 aliphatic heterocycles. The molecule has 3 rings (SSSR count). The lowest BCUT2D eigenvalue weighted by Crippen LogP contribution is -2.11. The van der Waals surface area contributed by atoms with Gasteiger partial charge in [0.25, 0.3) is 0 Å². The van der Waals surface area contributed by atoms with Crippen LogP contribution in [0.3, 0.4) is 0 Å². The van der Waals surface area contributed by atoms with Crippen molar-refractivity contribution in [1.82, 2.24) is 4.57 Å². The van der Waals surface area contributed by atoms with Crippen molar-refractivity contribution < 1.29 is 5.11 Å². The van der Waals surface area contributed by atoms with Gasteiger partial charge in [-0.2, -0.15) is 0 Å². The summed E-state index contributed by atoms with van der Waals surface area (Å²) in [5, 5.41) is 10.0. The minimum atomic E-state index is -0.305. The molecule has 1 aromatic heterocycles. The van der Waals surface area contributed by atoms with E-state index in [0.717, 1.165) is 39.5 Å². The Morgan fingerprint density at radius 2 is 2.06 bits per heavy atom. The molecule has 0 amide bonds.